The molecule has 6 aliphatic carbocycles. The predicted octanol–water partition coefficient (Wildman–Crippen LogP) is 2.69. The minimum Gasteiger partial charge on any atom is -0.325 e. The van der Waals surface area contributed by atoms with Gasteiger partial charge in [-0.3, -0.25) is 0 Å². The SMILES string of the molecule is NC12CCC34CCC(CC3C1)CC4C2. The van der Waals surface area contributed by atoms with Crippen LogP contribution < -0.4 is 5.73 Å². The van der Waals surface area contributed by atoms with Gasteiger partial charge in [0.15, 0.2) is 0 Å². The van der Waals surface area contributed by atoms with Crippen molar-refractivity contribution in [1.82, 2.24) is 0 Å². The zero-order chi connectivity index (χ0) is 9.39. The molecule has 0 saturated heterocycles. The van der Waals surface area contributed by atoms with Gasteiger partial charge in [0.25, 0.3) is 0 Å². The number of rotatable bonds is 0. The van der Waals surface area contributed by atoms with Crippen LogP contribution in [-0.4, -0.2) is 5.54 Å². The Balaban J connectivity index is 1.81. The Morgan fingerprint density at radius 3 is 2.36 bits per heavy atom. The molecule has 2 unspecified atom stereocenters. The highest BCUT2D eigenvalue weighted by molar-refractivity contribution is 5.15. The molecule has 5 bridgehead atoms. The molecule has 0 aliphatic heterocycles. The molecule has 6 fully saturated rings. The average Bonchev–Trinajstić information content (AvgIpc) is 2.16. The Kier molecular flexibility index (Phi) is 1.29. The molecule has 78 valence electrons. The van der Waals surface area contributed by atoms with Crippen molar-refractivity contribution in [3.63, 3.8) is 0 Å². The molecule has 0 aromatic rings. The van der Waals surface area contributed by atoms with Crippen LogP contribution >= 0.6 is 0 Å². The molecule has 1 heteroatoms. The smallest absolute Gasteiger partial charge is 0.0160 e. The van der Waals surface area contributed by atoms with Crippen LogP contribution in [0.1, 0.15) is 51.4 Å². The van der Waals surface area contributed by atoms with Gasteiger partial charge in [-0.05, 0) is 74.5 Å². The minimum atomic E-state index is 0.277. The maximum absolute atomic E-state index is 6.51. The molecular formula is C13H21N. The van der Waals surface area contributed by atoms with Gasteiger partial charge >= 0.3 is 0 Å². The topological polar surface area (TPSA) is 26.0 Å². The molecule has 0 amide bonds. The van der Waals surface area contributed by atoms with Crippen molar-refractivity contribution in [3.8, 4) is 0 Å². The summed E-state index contributed by atoms with van der Waals surface area (Å²) in [5.74, 6) is 3.16. The van der Waals surface area contributed by atoms with Gasteiger partial charge in [-0.15, -0.1) is 0 Å². The van der Waals surface area contributed by atoms with E-state index in [2.05, 4.69) is 0 Å². The largest absolute Gasteiger partial charge is 0.325 e. The third-order valence-electron chi connectivity index (χ3n) is 6.27. The zero-order valence-corrected chi connectivity index (χ0v) is 8.97. The van der Waals surface area contributed by atoms with Gasteiger partial charge in [0, 0.05) is 5.54 Å². The Hall–Kier alpha value is -0.0400. The van der Waals surface area contributed by atoms with E-state index in [-0.39, 0.29) is 5.54 Å². The summed E-state index contributed by atoms with van der Waals surface area (Å²) in [6, 6.07) is 0. The standard InChI is InChI=1S/C13H21N/c14-12-3-4-13-2-1-9(5-10(13)7-12)6-11(13)8-12/h9-11H,1-8,14H2. The monoisotopic (exact) mass is 191 g/mol. The summed E-state index contributed by atoms with van der Waals surface area (Å²) in [6.07, 6.45) is 11.7. The van der Waals surface area contributed by atoms with Crippen molar-refractivity contribution >= 4 is 0 Å². The van der Waals surface area contributed by atoms with Gasteiger partial charge in [-0.1, -0.05) is 0 Å². The number of hydrogen-bond acceptors (Lipinski definition) is 1. The van der Waals surface area contributed by atoms with E-state index in [1.165, 1.54) is 38.5 Å². The van der Waals surface area contributed by atoms with Gasteiger partial charge in [0.2, 0.25) is 0 Å². The van der Waals surface area contributed by atoms with Crippen LogP contribution in [0.2, 0.25) is 0 Å². The lowest BCUT2D eigenvalue weighted by Gasteiger charge is -2.68. The van der Waals surface area contributed by atoms with Gasteiger partial charge in [0.1, 0.15) is 0 Å². The van der Waals surface area contributed by atoms with E-state index in [1.54, 1.807) is 12.8 Å². The Morgan fingerprint density at radius 1 is 0.929 bits per heavy atom. The highest BCUT2D eigenvalue weighted by Crippen LogP contribution is 2.69. The summed E-state index contributed by atoms with van der Waals surface area (Å²) in [5.41, 5.74) is 7.59. The first-order chi connectivity index (χ1) is 6.70. The first-order valence-corrected chi connectivity index (χ1v) is 6.49. The molecule has 0 aromatic heterocycles. The first-order valence-electron chi connectivity index (χ1n) is 6.49. The average molecular weight is 191 g/mol. The maximum Gasteiger partial charge on any atom is 0.0160 e. The molecule has 14 heavy (non-hydrogen) atoms. The molecule has 0 heterocycles. The van der Waals surface area contributed by atoms with Crippen LogP contribution in [0.4, 0.5) is 0 Å². The fourth-order valence-electron chi connectivity index (χ4n) is 5.68. The van der Waals surface area contributed by atoms with Crippen molar-refractivity contribution in [2.75, 3.05) is 0 Å². The summed E-state index contributed by atoms with van der Waals surface area (Å²) in [7, 11) is 0. The summed E-state index contributed by atoms with van der Waals surface area (Å²) in [5, 5.41) is 0. The number of nitrogens with two attached hydrogens (primary N) is 1. The molecule has 0 aromatic carbocycles. The van der Waals surface area contributed by atoms with Crippen LogP contribution in [-0.2, 0) is 0 Å². The van der Waals surface area contributed by atoms with Crippen molar-refractivity contribution in [2.45, 2.75) is 56.9 Å². The lowest BCUT2D eigenvalue weighted by atomic mass is 9.38. The molecule has 2 N–H and O–H groups in total. The molecule has 1 spiro atoms. The summed E-state index contributed by atoms with van der Waals surface area (Å²) in [6.45, 7) is 0. The van der Waals surface area contributed by atoms with E-state index in [1.807, 2.05) is 0 Å². The molecule has 0 radical (unpaired) electrons. The first kappa shape index (κ1) is 8.15. The van der Waals surface area contributed by atoms with Crippen molar-refractivity contribution < 1.29 is 0 Å². The van der Waals surface area contributed by atoms with E-state index in [4.69, 9.17) is 5.73 Å². The third-order valence-corrected chi connectivity index (χ3v) is 6.27. The van der Waals surface area contributed by atoms with E-state index in [0.717, 1.165) is 23.2 Å². The van der Waals surface area contributed by atoms with Crippen molar-refractivity contribution in [3.05, 3.63) is 0 Å². The van der Waals surface area contributed by atoms with Crippen molar-refractivity contribution in [1.29, 1.82) is 0 Å². The lowest BCUT2D eigenvalue weighted by molar-refractivity contribution is -0.158. The van der Waals surface area contributed by atoms with Crippen molar-refractivity contribution in [2.24, 2.45) is 28.9 Å². The Bertz CT molecular complexity index is 267. The third kappa shape index (κ3) is 0.778. The summed E-state index contributed by atoms with van der Waals surface area (Å²) < 4.78 is 0. The second kappa shape index (κ2) is 2.21. The van der Waals surface area contributed by atoms with Gasteiger partial charge < -0.3 is 5.73 Å². The van der Waals surface area contributed by atoms with E-state index < -0.39 is 0 Å². The molecule has 2 atom stereocenters. The Morgan fingerprint density at radius 2 is 1.64 bits per heavy atom. The highest BCUT2D eigenvalue weighted by Gasteiger charge is 2.62. The number of fused-ring (bicyclic) bond motifs is 2. The summed E-state index contributed by atoms with van der Waals surface area (Å²) in [4.78, 5) is 0. The minimum absolute atomic E-state index is 0.277. The fraction of sp³-hybridized carbons (Fsp3) is 1.00. The molecule has 6 saturated carbocycles. The van der Waals surface area contributed by atoms with Gasteiger partial charge in [0.05, 0.1) is 0 Å². The predicted molar refractivity (Wildman–Crippen MR) is 56.8 cm³/mol. The lowest BCUT2D eigenvalue weighted by Crippen LogP contribution is -2.64. The normalized spacial score (nSPS) is 64.5. The van der Waals surface area contributed by atoms with E-state index in [0.29, 0.717) is 0 Å². The van der Waals surface area contributed by atoms with Crippen LogP contribution in [0.3, 0.4) is 0 Å². The fourth-order valence-corrected chi connectivity index (χ4v) is 5.68. The van der Waals surface area contributed by atoms with Gasteiger partial charge in [-0.25, -0.2) is 0 Å². The van der Waals surface area contributed by atoms with Crippen LogP contribution in [0.5, 0.6) is 0 Å². The van der Waals surface area contributed by atoms with E-state index in [9.17, 15) is 0 Å². The van der Waals surface area contributed by atoms with E-state index >= 15 is 0 Å². The van der Waals surface area contributed by atoms with Crippen LogP contribution in [0.25, 0.3) is 0 Å². The number of hydrogen-bond donors (Lipinski definition) is 1. The second-order valence-corrected chi connectivity index (χ2v) is 6.77. The molecule has 6 rings (SSSR count). The molecular weight excluding hydrogens is 170 g/mol. The van der Waals surface area contributed by atoms with Gasteiger partial charge in [-0.2, -0.15) is 0 Å². The quantitative estimate of drug-likeness (QED) is 0.626. The highest BCUT2D eigenvalue weighted by atomic mass is 14.8. The summed E-state index contributed by atoms with van der Waals surface area (Å²) >= 11 is 0. The maximum atomic E-state index is 6.51. The second-order valence-electron chi connectivity index (χ2n) is 6.77. The van der Waals surface area contributed by atoms with Crippen LogP contribution in [0.15, 0.2) is 0 Å². The zero-order valence-electron chi connectivity index (χ0n) is 8.97. The molecule has 6 aliphatic rings. The molecule has 1 nitrogen and oxygen atoms in total. The van der Waals surface area contributed by atoms with Crippen LogP contribution in [0, 0.1) is 23.2 Å². The Labute approximate surface area is 86.4 Å².